The van der Waals surface area contributed by atoms with Crippen LogP contribution in [0.1, 0.15) is 16.7 Å². The van der Waals surface area contributed by atoms with Crippen LogP contribution in [0.5, 0.6) is 0 Å². The standard InChI is InChI=1S/C15H10N2O2/c16-11-13-7-9-14(15(10-13)17(18)19)8-6-12-4-2-1-3-5-12/h1-10H/b8-6+. The largest absolute Gasteiger partial charge is 0.277 e. The van der Waals surface area contributed by atoms with Gasteiger partial charge in [0.1, 0.15) is 0 Å². The zero-order valence-electron chi connectivity index (χ0n) is 9.98. The summed E-state index contributed by atoms with van der Waals surface area (Å²) >= 11 is 0. The Morgan fingerprint density at radius 3 is 2.47 bits per heavy atom. The van der Waals surface area contributed by atoms with Crippen molar-refractivity contribution in [2.24, 2.45) is 0 Å². The summed E-state index contributed by atoms with van der Waals surface area (Å²) in [7, 11) is 0. The molecule has 2 aromatic carbocycles. The molecule has 0 fully saturated rings. The topological polar surface area (TPSA) is 66.9 Å². The van der Waals surface area contributed by atoms with E-state index in [9.17, 15) is 10.1 Å². The van der Waals surface area contributed by atoms with Crippen molar-refractivity contribution in [2.45, 2.75) is 0 Å². The maximum absolute atomic E-state index is 11.0. The lowest BCUT2D eigenvalue weighted by atomic mass is 10.1. The third-order valence-electron chi connectivity index (χ3n) is 2.61. The van der Waals surface area contributed by atoms with Crippen molar-refractivity contribution in [3.8, 4) is 6.07 Å². The second kappa shape index (κ2) is 5.61. The highest BCUT2D eigenvalue weighted by Gasteiger charge is 2.12. The van der Waals surface area contributed by atoms with E-state index in [1.54, 1.807) is 24.3 Å². The van der Waals surface area contributed by atoms with Gasteiger partial charge in [0.25, 0.3) is 5.69 Å². The second-order valence-corrected chi connectivity index (χ2v) is 3.89. The minimum atomic E-state index is -0.481. The van der Waals surface area contributed by atoms with Gasteiger partial charge < -0.3 is 0 Å². The van der Waals surface area contributed by atoms with Crippen LogP contribution in [-0.4, -0.2) is 4.92 Å². The predicted octanol–water partition coefficient (Wildman–Crippen LogP) is 3.64. The second-order valence-electron chi connectivity index (χ2n) is 3.89. The van der Waals surface area contributed by atoms with E-state index in [0.29, 0.717) is 5.56 Å². The average molecular weight is 250 g/mol. The number of hydrogen-bond acceptors (Lipinski definition) is 3. The molecule has 0 saturated heterocycles. The van der Waals surface area contributed by atoms with Crippen molar-refractivity contribution in [1.82, 2.24) is 0 Å². The summed E-state index contributed by atoms with van der Waals surface area (Å²) in [6, 6.07) is 15.8. The molecule has 0 radical (unpaired) electrons. The molecule has 0 amide bonds. The highest BCUT2D eigenvalue weighted by atomic mass is 16.6. The molecule has 2 rings (SSSR count). The molecular formula is C15H10N2O2. The van der Waals surface area contributed by atoms with Crippen LogP contribution < -0.4 is 0 Å². The lowest BCUT2D eigenvalue weighted by Gasteiger charge is -1.98. The van der Waals surface area contributed by atoms with Gasteiger partial charge >= 0.3 is 0 Å². The van der Waals surface area contributed by atoms with Gasteiger partial charge in [0, 0.05) is 6.07 Å². The van der Waals surface area contributed by atoms with Crippen molar-refractivity contribution in [3.05, 3.63) is 75.3 Å². The van der Waals surface area contributed by atoms with Crippen LogP contribution in [0, 0.1) is 21.4 Å². The minimum Gasteiger partial charge on any atom is -0.258 e. The van der Waals surface area contributed by atoms with Gasteiger partial charge in [0.15, 0.2) is 0 Å². The quantitative estimate of drug-likeness (QED) is 0.474. The molecule has 0 aliphatic carbocycles. The van der Waals surface area contributed by atoms with Gasteiger partial charge in [-0.2, -0.15) is 5.26 Å². The SMILES string of the molecule is N#Cc1ccc(/C=C/c2ccccc2)c([N+](=O)[O-])c1. The van der Waals surface area contributed by atoms with E-state index in [1.807, 2.05) is 36.4 Å². The number of nitro groups is 1. The fourth-order valence-corrected chi connectivity index (χ4v) is 1.66. The van der Waals surface area contributed by atoms with Crippen molar-refractivity contribution >= 4 is 17.8 Å². The zero-order chi connectivity index (χ0) is 13.7. The molecule has 4 nitrogen and oxygen atoms in total. The lowest BCUT2D eigenvalue weighted by molar-refractivity contribution is -0.385. The van der Waals surface area contributed by atoms with Gasteiger partial charge in [-0.05, 0) is 23.8 Å². The Labute approximate surface area is 110 Å². The molecule has 0 aromatic heterocycles. The molecule has 0 atom stereocenters. The molecule has 0 N–H and O–H groups in total. The monoisotopic (exact) mass is 250 g/mol. The van der Waals surface area contributed by atoms with Crippen molar-refractivity contribution < 1.29 is 4.92 Å². The number of nitriles is 1. The van der Waals surface area contributed by atoms with Crippen LogP contribution in [0.3, 0.4) is 0 Å². The first-order valence-corrected chi connectivity index (χ1v) is 5.62. The van der Waals surface area contributed by atoms with E-state index in [1.165, 1.54) is 6.07 Å². The summed E-state index contributed by atoms with van der Waals surface area (Å²) < 4.78 is 0. The minimum absolute atomic E-state index is 0.0637. The molecule has 0 bridgehead atoms. The molecular weight excluding hydrogens is 240 g/mol. The van der Waals surface area contributed by atoms with E-state index in [2.05, 4.69) is 0 Å². The highest BCUT2D eigenvalue weighted by Crippen LogP contribution is 2.22. The molecule has 0 heterocycles. The summed E-state index contributed by atoms with van der Waals surface area (Å²) in [5.41, 5.74) is 1.66. The summed E-state index contributed by atoms with van der Waals surface area (Å²) in [5.74, 6) is 0. The molecule has 0 aliphatic rings. The Balaban J connectivity index is 2.38. The Kier molecular flexibility index (Phi) is 3.70. The fourth-order valence-electron chi connectivity index (χ4n) is 1.66. The molecule has 4 heteroatoms. The van der Waals surface area contributed by atoms with Crippen LogP contribution in [0.4, 0.5) is 5.69 Å². The first-order chi connectivity index (χ1) is 9.20. The van der Waals surface area contributed by atoms with Gasteiger partial charge in [-0.15, -0.1) is 0 Å². The number of benzene rings is 2. The van der Waals surface area contributed by atoms with Crippen molar-refractivity contribution in [1.29, 1.82) is 5.26 Å². The van der Waals surface area contributed by atoms with Gasteiger partial charge in [-0.25, -0.2) is 0 Å². The van der Waals surface area contributed by atoms with Crippen LogP contribution in [-0.2, 0) is 0 Å². The smallest absolute Gasteiger partial charge is 0.258 e. The van der Waals surface area contributed by atoms with E-state index in [0.717, 1.165) is 5.56 Å². The van der Waals surface area contributed by atoms with E-state index in [-0.39, 0.29) is 11.3 Å². The maximum atomic E-state index is 11.0. The summed E-state index contributed by atoms with van der Waals surface area (Å²) in [6.07, 6.45) is 3.48. The molecule has 0 unspecified atom stereocenters. The van der Waals surface area contributed by atoms with Crippen LogP contribution in [0.25, 0.3) is 12.2 Å². The molecule has 2 aromatic rings. The fraction of sp³-hybridized carbons (Fsp3) is 0. The molecule has 19 heavy (non-hydrogen) atoms. The summed E-state index contributed by atoms with van der Waals surface area (Å²) in [6.45, 7) is 0. The number of nitrogens with zero attached hydrogens (tertiary/aromatic N) is 2. The third kappa shape index (κ3) is 3.05. The van der Waals surface area contributed by atoms with Gasteiger partial charge in [0.2, 0.25) is 0 Å². The van der Waals surface area contributed by atoms with Crippen LogP contribution >= 0.6 is 0 Å². The van der Waals surface area contributed by atoms with E-state index in [4.69, 9.17) is 5.26 Å². The first kappa shape index (κ1) is 12.5. The van der Waals surface area contributed by atoms with Crippen molar-refractivity contribution in [2.75, 3.05) is 0 Å². The molecule has 0 saturated carbocycles. The number of rotatable bonds is 3. The Bertz CT molecular complexity index is 670. The lowest BCUT2D eigenvalue weighted by Crippen LogP contribution is -1.92. The average Bonchev–Trinajstić information content (AvgIpc) is 2.46. The Hall–Kier alpha value is -2.93. The van der Waals surface area contributed by atoms with E-state index >= 15 is 0 Å². The van der Waals surface area contributed by atoms with Gasteiger partial charge in [-0.1, -0.05) is 36.4 Å². The summed E-state index contributed by atoms with van der Waals surface area (Å²) in [5, 5.41) is 19.7. The summed E-state index contributed by atoms with van der Waals surface area (Å²) in [4.78, 5) is 10.5. The molecule has 0 spiro atoms. The molecule has 92 valence electrons. The van der Waals surface area contributed by atoms with Crippen LogP contribution in [0.2, 0.25) is 0 Å². The molecule has 0 aliphatic heterocycles. The van der Waals surface area contributed by atoms with Crippen LogP contribution in [0.15, 0.2) is 48.5 Å². The normalized spacial score (nSPS) is 10.3. The maximum Gasteiger partial charge on any atom is 0.277 e. The van der Waals surface area contributed by atoms with Gasteiger partial charge in [-0.3, -0.25) is 10.1 Å². The van der Waals surface area contributed by atoms with E-state index < -0.39 is 4.92 Å². The number of hydrogen-bond donors (Lipinski definition) is 0. The third-order valence-corrected chi connectivity index (χ3v) is 2.61. The number of nitro benzene ring substituents is 1. The first-order valence-electron chi connectivity index (χ1n) is 5.62. The highest BCUT2D eigenvalue weighted by molar-refractivity contribution is 5.74. The van der Waals surface area contributed by atoms with Gasteiger partial charge in [0.05, 0.1) is 22.1 Å². The van der Waals surface area contributed by atoms with Crippen molar-refractivity contribution in [3.63, 3.8) is 0 Å². The predicted molar refractivity (Wildman–Crippen MR) is 73.2 cm³/mol. The zero-order valence-corrected chi connectivity index (χ0v) is 9.98. The Morgan fingerprint density at radius 1 is 1.11 bits per heavy atom. The Morgan fingerprint density at radius 2 is 1.84 bits per heavy atom.